The van der Waals surface area contributed by atoms with Crippen LogP contribution in [-0.2, 0) is 4.74 Å². The summed E-state index contributed by atoms with van der Waals surface area (Å²) in [6, 6.07) is 7.60. The second-order valence-corrected chi connectivity index (χ2v) is 10.9. The van der Waals surface area contributed by atoms with Gasteiger partial charge >= 0.3 is 12.1 Å². The number of urea groups is 1. The van der Waals surface area contributed by atoms with Crippen LogP contribution in [0.5, 0.6) is 0 Å². The van der Waals surface area contributed by atoms with E-state index >= 15 is 0 Å². The van der Waals surface area contributed by atoms with Gasteiger partial charge in [0.2, 0.25) is 0 Å². The fourth-order valence-corrected chi connectivity index (χ4v) is 5.82. The largest absolute Gasteiger partial charge is 0.441 e. The number of likely N-dealkylation sites (N-methyl/N-ethyl adjacent to an activating group) is 1. The van der Waals surface area contributed by atoms with Crippen LogP contribution in [0.1, 0.15) is 82.8 Å². The normalized spacial score (nSPS) is 20.4. The van der Waals surface area contributed by atoms with Gasteiger partial charge in [0.1, 0.15) is 6.10 Å². The van der Waals surface area contributed by atoms with Gasteiger partial charge < -0.3 is 25.6 Å². The van der Waals surface area contributed by atoms with Gasteiger partial charge in [-0.2, -0.15) is 0 Å². The van der Waals surface area contributed by atoms with Crippen LogP contribution in [-0.4, -0.2) is 56.3 Å². The van der Waals surface area contributed by atoms with Gasteiger partial charge in [0.15, 0.2) is 0 Å². The van der Waals surface area contributed by atoms with Gasteiger partial charge in [0.05, 0.1) is 0 Å². The molecule has 2 fully saturated rings. The molecule has 1 aromatic rings. The molecule has 1 aliphatic heterocycles. The molecule has 0 radical (unpaired) electrons. The summed E-state index contributed by atoms with van der Waals surface area (Å²) in [5.41, 5.74) is 0.866. The molecular formula is C28H45ClN4O3. The van der Waals surface area contributed by atoms with Gasteiger partial charge in [0.25, 0.3) is 0 Å². The van der Waals surface area contributed by atoms with Crippen molar-refractivity contribution in [2.75, 3.05) is 33.2 Å². The molecule has 1 aromatic carbocycles. The van der Waals surface area contributed by atoms with Gasteiger partial charge in [-0.15, -0.1) is 0 Å². The highest BCUT2D eigenvalue weighted by Gasteiger charge is 2.34. The summed E-state index contributed by atoms with van der Waals surface area (Å²) in [6.45, 7) is 4.69. The molecule has 8 heteroatoms. The number of hydrogen-bond acceptors (Lipinski definition) is 4. The number of ether oxygens (including phenoxy) is 1. The number of carbonyl (C=O) groups excluding carboxylic acids is 2. The van der Waals surface area contributed by atoms with E-state index in [9.17, 15) is 9.59 Å². The molecular weight excluding hydrogens is 476 g/mol. The Morgan fingerprint density at radius 1 is 1.17 bits per heavy atom. The van der Waals surface area contributed by atoms with E-state index in [-0.39, 0.29) is 18.0 Å². The van der Waals surface area contributed by atoms with Crippen molar-refractivity contribution in [3.8, 4) is 0 Å². The molecule has 0 aromatic heterocycles. The third-order valence-electron chi connectivity index (χ3n) is 7.50. The van der Waals surface area contributed by atoms with E-state index in [1.807, 2.05) is 36.2 Å². The molecule has 3 N–H and O–H groups in total. The predicted octanol–water partition coefficient (Wildman–Crippen LogP) is 5.89. The first kappa shape index (κ1) is 28.6. The summed E-state index contributed by atoms with van der Waals surface area (Å²) in [6.07, 6.45) is 10.3. The second kappa shape index (κ2) is 15.3. The fraction of sp³-hybridized carbons (Fsp3) is 0.714. The minimum absolute atomic E-state index is 0.000913. The Balaban J connectivity index is 1.65. The topological polar surface area (TPSA) is 82.7 Å². The Morgan fingerprint density at radius 3 is 2.69 bits per heavy atom. The Bertz CT molecular complexity index is 818. The van der Waals surface area contributed by atoms with Crippen molar-refractivity contribution in [1.29, 1.82) is 0 Å². The number of unbranched alkanes of at least 4 members (excludes halogenated alkanes) is 1. The van der Waals surface area contributed by atoms with Crippen LogP contribution in [0, 0.1) is 11.8 Å². The highest BCUT2D eigenvalue weighted by Crippen LogP contribution is 2.34. The molecule has 1 heterocycles. The maximum atomic E-state index is 13.3. The van der Waals surface area contributed by atoms with Gasteiger partial charge in [0, 0.05) is 43.2 Å². The van der Waals surface area contributed by atoms with E-state index < -0.39 is 12.2 Å². The number of alkyl carbamates (subject to hydrolysis) is 1. The number of benzene rings is 1. The number of likely N-dealkylation sites (tertiary alicyclic amines) is 1. The number of nitrogens with zero attached hydrogens (tertiary/aromatic N) is 1. The van der Waals surface area contributed by atoms with Crippen molar-refractivity contribution < 1.29 is 14.3 Å². The van der Waals surface area contributed by atoms with E-state index in [2.05, 4.69) is 22.9 Å². The highest BCUT2D eigenvalue weighted by atomic mass is 35.5. The number of carbonyl (C=O) groups is 2. The van der Waals surface area contributed by atoms with Crippen LogP contribution < -0.4 is 16.0 Å². The van der Waals surface area contributed by atoms with Crippen molar-refractivity contribution in [3.05, 3.63) is 34.9 Å². The van der Waals surface area contributed by atoms with Crippen molar-refractivity contribution >= 4 is 23.7 Å². The molecule has 3 rings (SSSR count). The Morgan fingerprint density at radius 2 is 1.97 bits per heavy atom. The van der Waals surface area contributed by atoms with E-state index in [4.69, 9.17) is 16.3 Å². The van der Waals surface area contributed by atoms with E-state index in [0.717, 1.165) is 44.2 Å². The first-order valence-corrected chi connectivity index (χ1v) is 14.3. The summed E-state index contributed by atoms with van der Waals surface area (Å²) < 4.78 is 5.95. The fourth-order valence-electron chi connectivity index (χ4n) is 5.62. The van der Waals surface area contributed by atoms with Crippen molar-refractivity contribution in [2.45, 2.75) is 83.3 Å². The molecule has 7 nitrogen and oxygen atoms in total. The summed E-state index contributed by atoms with van der Waals surface area (Å²) in [4.78, 5) is 27.8. The van der Waals surface area contributed by atoms with Crippen LogP contribution in [0.15, 0.2) is 24.3 Å². The second-order valence-electron chi connectivity index (χ2n) is 10.5. The SMILES string of the molecule is CCCCNC(=O)OC(c1cccc(Cl)c1)C1CCCN(C(=O)NC(CNC)CC2CCCCC2)C1. The number of halogens is 1. The number of amides is 3. The van der Waals surface area contributed by atoms with Crippen LogP contribution in [0.2, 0.25) is 5.02 Å². The highest BCUT2D eigenvalue weighted by molar-refractivity contribution is 6.30. The summed E-state index contributed by atoms with van der Waals surface area (Å²) in [5.74, 6) is 0.694. The molecule has 3 amide bonds. The number of rotatable bonds is 11. The van der Waals surface area contributed by atoms with Crippen molar-refractivity contribution in [3.63, 3.8) is 0 Å². The smallest absolute Gasteiger partial charge is 0.407 e. The molecule has 0 spiro atoms. The first-order chi connectivity index (χ1) is 17.5. The van der Waals surface area contributed by atoms with E-state index in [1.165, 1.54) is 32.1 Å². The lowest BCUT2D eigenvalue weighted by atomic mass is 9.85. The minimum Gasteiger partial charge on any atom is -0.441 e. The lowest BCUT2D eigenvalue weighted by Gasteiger charge is -2.37. The average molecular weight is 521 g/mol. The lowest BCUT2D eigenvalue weighted by molar-refractivity contribution is 0.0342. The molecule has 1 saturated carbocycles. The molecule has 202 valence electrons. The zero-order chi connectivity index (χ0) is 25.8. The average Bonchev–Trinajstić information content (AvgIpc) is 2.88. The summed E-state index contributed by atoms with van der Waals surface area (Å²) in [7, 11) is 1.94. The van der Waals surface area contributed by atoms with Gasteiger partial charge in [-0.3, -0.25) is 0 Å². The van der Waals surface area contributed by atoms with Gasteiger partial charge in [-0.25, -0.2) is 9.59 Å². The third-order valence-corrected chi connectivity index (χ3v) is 7.74. The van der Waals surface area contributed by atoms with Crippen LogP contribution in [0.25, 0.3) is 0 Å². The van der Waals surface area contributed by atoms with Crippen LogP contribution in [0.3, 0.4) is 0 Å². The zero-order valence-corrected chi connectivity index (χ0v) is 22.8. The number of piperidine rings is 1. The van der Waals surface area contributed by atoms with E-state index in [0.29, 0.717) is 30.6 Å². The molecule has 1 saturated heterocycles. The van der Waals surface area contributed by atoms with Crippen LogP contribution >= 0.6 is 11.6 Å². The Kier molecular flexibility index (Phi) is 12.2. The summed E-state index contributed by atoms with van der Waals surface area (Å²) >= 11 is 6.28. The maximum absolute atomic E-state index is 13.3. The monoisotopic (exact) mass is 520 g/mol. The van der Waals surface area contributed by atoms with Crippen molar-refractivity contribution in [2.24, 2.45) is 11.8 Å². The molecule has 1 aliphatic carbocycles. The van der Waals surface area contributed by atoms with Gasteiger partial charge in [-0.05, 0) is 56.3 Å². The molecule has 2 aliphatic rings. The maximum Gasteiger partial charge on any atom is 0.407 e. The third kappa shape index (κ3) is 9.15. The quantitative estimate of drug-likeness (QED) is 0.318. The number of nitrogens with one attached hydrogen (secondary N) is 3. The molecule has 36 heavy (non-hydrogen) atoms. The molecule has 0 bridgehead atoms. The minimum atomic E-state index is -0.462. The molecule has 3 atom stereocenters. The Hall–Kier alpha value is -1.99. The molecule has 3 unspecified atom stereocenters. The predicted molar refractivity (Wildman–Crippen MR) is 145 cm³/mol. The van der Waals surface area contributed by atoms with Crippen molar-refractivity contribution in [1.82, 2.24) is 20.9 Å². The standard InChI is InChI=1S/C28H45ClN4O3/c1-3-4-15-31-28(35)36-26(22-12-8-14-24(29)18-22)23-13-9-16-33(20-23)27(34)32-25(19-30-2)17-21-10-6-5-7-11-21/h8,12,14,18,21,23,25-26,30H,3-7,9-11,13,15-17,19-20H2,1-2H3,(H,31,35)(H,32,34). The first-order valence-electron chi connectivity index (χ1n) is 13.9. The zero-order valence-electron chi connectivity index (χ0n) is 22.1. The number of hydrogen-bond donors (Lipinski definition) is 3. The Labute approximate surface area is 222 Å². The van der Waals surface area contributed by atoms with E-state index in [1.54, 1.807) is 0 Å². The lowest BCUT2D eigenvalue weighted by Crippen LogP contribution is -2.52. The van der Waals surface area contributed by atoms with Crippen LogP contribution in [0.4, 0.5) is 9.59 Å². The van der Waals surface area contributed by atoms with Gasteiger partial charge in [-0.1, -0.05) is 69.2 Å². The summed E-state index contributed by atoms with van der Waals surface area (Å²) in [5, 5.41) is 10.0.